The number of hydrogen-bond donors (Lipinski definition) is 0. The molecule has 0 N–H and O–H groups in total. The quantitative estimate of drug-likeness (QED) is 0.197. The zero-order valence-electron chi connectivity index (χ0n) is 15.6. The Morgan fingerprint density at radius 1 is 0.724 bits per heavy atom. The molecule has 0 aliphatic rings. The summed E-state index contributed by atoms with van der Waals surface area (Å²) in [5.41, 5.74) is 3.18. The molecule has 142 valence electrons. The van der Waals surface area contributed by atoms with Crippen LogP contribution in [-0.2, 0) is 0 Å². The summed E-state index contributed by atoms with van der Waals surface area (Å²) >= 11 is 1.69. The minimum Gasteiger partial charge on any atom is -0.465 e. The van der Waals surface area contributed by atoms with Crippen LogP contribution in [0.25, 0.3) is 11.1 Å². The molecule has 1 heterocycles. The van der Waals surface area contributed by atoms with Gasteiger partial charge in [0.1, 0.15) is 11.5 Å². The van der Waals surface area contributed by atoms with Crippen molar-refractivity contribution >= 4 is 22.9 Å². The Labute approximate surface area is 174 Å². The lowest BCUT2D eigenvalue weighted by Gasteiger charge is -2.06. The molecule has 4 rings (SSSR count). The summed E-state index contributed by atoms with van der Waals surface area (Å²) in [6.07, 6.45) is 3.30. The Bertz CT molecular complexity index is 1070. The first-order valence-corrected chi connectivity index (χ1v) is 10.1. The molecule has 0 aliphatic heterocycles. The van der Waals surface area contributed by atoms with Crippen LogP contribution in [0.5, 0.6) is 11.5 Å². The van der Waals surface area contributed by atoms with Crippen molar-refractivity contribution in [1.82, 2.24) is 0 Å². The molecule has 0 spiro atoms. The van der Waals surface area contributed by atoms with E-state index in [-0.39, 0.29) is 0 Å². The summed E-state index contributed by atoms with van der Waals surface area (Å²) < 4.78 is 11.6. The van der Waals surface area contributed by atoms with Gasteiger partial charge in [0.25, 0.3) is 0 Å². The van der Waals surface area contributed by atoms with Crippen molar-refractivity contribution in [3.05, 3.63) is 114 Å². The summed E-state index contributed by atoms with van der Waals surface area (Å²) in [4.78, 5) is 4.64. The molecule has 0 fully saturated rings. The van der Waals surface area contributed by atoms with E-state index in [2.05, 4.69) is 34.0 Å². The average molecular weight is 397 g/mol. The van der Waals surface area contributed by atoms with Crippen molar-refractivity contribution in [3.8, 4) is 22.6 Å². The minimum atomic E-state index is 0.440. The van der Waals surface area contributed by atoms with Crippen molar-refractivity contribution in [3.63, 3.8) is 0 Å². The monoisotopic (exact) mass is 397 g/mol. The predicted octanol–water partition coefficient (Wildman–Crippen LogP) is 7.12. The topological polar surface area (TPSA) is 30.8 Å². The number of aliphatic imine (C=N–C) groups is 1. The van der Waals surface area contributed by atoms with Gasteiger partial charge in [-0.15, -0.1) is 0 Å². The fourth-order valence-electron chi connectivity index (χ4n) is 2.66. The Morgan fingerprint density at radius 3 is 2.07 bits per heavy atom. The highest BCUT2D eigenvalue weighted by Gasteiger charge is 2.02. The zero-order chi connectivity index (χ0) is 19.7. The highest BCUT2D eigenvalue weighted by Crippen LogP contribution is 2.25. The van der Waals surface area contributed by atoms with Gasteiger partial charge in [-0.3, -0.25) is 0 Å². The third-order valence-corrected chi connectivity index (χ3v) is 4.77. The van der Waals surface area contributed by atoms with Crippen LogP contribution in [0, 0.1) is 0 Å². The van der Waals surface area contributed by atoms with E-state index in [1.807, 2.05) is 72.8 Å². The molecule has 0 radical (unpaired) electrons. The molecular formula is C25H19NO2S. The van der Waals surface area contributed by atoms with E-state index >= 15 is 0 Å². The SMILES string of the molecule is C(=CC(=Nc1ccc(-c2ccsc2)cc1)Oc1ccccc1)Oc1ccccc1. The first kappa shape index (κ1) is 18.7. The summed E-state index contributed by atoms with van der Waals surface area (Å²) in [6.45, 7) is 0. The smallest absolute Gasteiger partial charge is 0.222 e. The molecule has 0 amide bonds. The van der Waals surface area contributed by atoms with Crippen LogP contribution in [0.15, 0.2) is 119 Å². The van der Waals surface area contributed by atoms with Crippen molar-refractivity contribution < 1.29 is 9.47 Å². The maximum absolute atomic E-state index is 5.94. The Balaban J connectivity index is 1.55. The van der Waals surface area contributed by atoms with Crippen molar-refractivity contribution in [2.45, 2.75) is 0 Å². The van der Waals surface area contributed by atoms with Crippen LogP contribution in [-0.4, -0.2) is 5.90 Å². The number of nitrogens with zero attached hydrogens (tertiary/aromatic N) is 1. The Hall–Kier alpha value is -3.63. The highest BCUT2D eigenvalue weighted by molar-refractivity contribution is 7.08. The van der Waals surface area contributed by atoms with Crippen molar-refractivity contribution in [2.75, 3.05) is 0 Å². The number of hydrogen-bond acceptors (Lipinski definition) is 4. The number of para-hydroxylation sites is 2. The highest BCUT2D eigenvalue weighted by atomic mass is 32.1. The third kappa shape index (κ3) is 5.43. The van der Waals surface area contributed by atoms with E-state index in [4.69, 9.17) is 9.47 Å². The van der Waals surface area contributed by atoms with Gasteiger partial charge in [0.2, 0.25) is 5.90 Å². The normalized spacial score (nSPS) is 11.5. The lowest BCUT2D eigenvalue weighted by atomic mass is 10.1. The number of thiophene rings is 1. The molecule has 4 aromatic rings. The maximum atomic E-state index is 5.94. The molecule has 0 atom stereocenters. The van der Waals surface area contributed by atoms with Gasteiger partial charge in [-0.25, -0.2) is 4.99 Å². The maximum Gasteiger partial charge on any atom is 0.222 e. The zero-order valence-corrected chi connectivity index (χ0v) is 16.5. The molecule has 29 heavy (non-hydrogen) atoms. The van der Waals surface area contributed by atoms with Gasteiger partial charge in [0, 0.05) is 6.08 Å². The first-order chi connectivity index (χ1) is 14.4. The standard InChI is InChI=1S/C25H19NO2S/c1-3-7-23(8-4-1)27-17-15-25(28-24-9-5-2-6-10-24)26-22-13-11-20(12-14-22)21-16-18-29-19-21/h1-19H. The van der Waals surface area contributed by atoms with Gasteiger partial charge in [-0.05, 0) is 64.4 Å². The predicted molar refractivity (Wildman–Crippen MR) is 120 cm³/mol. The number of benzene rings is 3. The molecule has 0 bridgehead atoms. The van der Waals surface area contributed by atoms with Gasteiger partial charge in [-0.1, -0.05) is 48.5 Å². The molecule has 0 aliphatic carbocycles. The summed E-state index contributed by atoms with van der Waals surface area (Å²) in [5, 5.41) is 4.20. The molecule has 0 saturated carbocycles. The summed E-state index contributed by atoms with van der Waals surface area (Å²) in [6, 6.07) is 29.3. The van der Waals surface area contributed by atoms with Crippen LogP contribution in [0.2, 0.25) is 0 Å². The molecule has 0 unspecified atom stereocenters. The van der Waals surface area contributed by atoms with E-state index in [0.29, 0.717) is 11.6 Å². The molecule has 3 nitrogen and oxygen atoms in total. The van der Waals surface area contributed by atoms with Crippen LogP contribution in [0.1, 0.15) is 0 Å². The van der Waals surface area contributed by atoms with Gasteiger partial charge in [0.05, 0.1) is 11.9 Å². The largest absolute Gasteiger partial charge is 0.465 e. The Kier molecular flexibility index (Phi) is 6.15. The van der Waals surface area contributed by atoms with E-state index in [1.165, 1.54) is 11.1 Å². The van der Waals surface area contributed by atoms with Crippen LogP contribution < -0.4 is 9.47 Å². The minimum absolute atomic E-state index is 0.440. The van der Waals surface area contributed by atoms with E-state index in [0.717, 1.165) is 11.4 Å². The lowest BCUT2D eigenvalue weighted by molar-refractivity contribution is 0.479. The van der Waals surface area contributed by atoms with Crippen molar-refractivity contribution in [2.24, 2.45) is 4.99 Å². The third-order valence-electron chi connectivity index (χ3n) is 4.08. The first-order valence-electron chi connectivity index (χ1n) is 9.19. The van der Waals surface area contributed by atoms with Crippen molar-refractivity contribution in [1.29, 1.82) is 0 Å². The second kappa shape index (κ2) is 9.53. The number of rotatable bonds is 6. The fraction of sp³-hybridized carbons (Fsp3) is 0. The molecular weight excluding hydrogens is 378 g/mol. The van der Waals surface area contributed by atoms with Crippen LogP contribution >= 0.6 is 11.3 Å². The second-order valence-corrected chi connectivity index (χ2v) is 6.94. The molecule has 3 aromatic carbocycles. The van der Waals surface area contributed by atoms with E-state index in [9.17, 15) is 0 Å². The van der Waals surface area contributed by atoms with Crippen LogP contribution in [0.3, 0.4) is 0 Å². The van der Waals surface area contributed by atoms with E-state index < -0.39 is 0 Å². The second-order valence-electron chi connectivity index (χ2n) is 6.16. The van der Waals surface area contributed by atoms with Gasteiger partial charge >= 0.3 is 0 Å². The fourth-order valence-corrected chi connectivity index (χ4v) is 3.32. The van der Waals surface area contributed by atoms with Gasteiger partial charge in [-0.2, -0.15) is 11.3 Å². The Morgan fingerprint density at radius 2 is 1.41 bits per heavy atom. The van der Waals surface area contributed by atoms with Crippen LogP contribution in [0.4, 0.5) is 5.69 Å². The molecule has 0 saturated heterocycles. The van der Waals surface area contributed by atoms with Gasteiger partial charge in [0.15, 0.2) is 0 Å². The average Bonchev–Trinajstić information content (AvgIpc) is 3.31. The summed E-state index contributed by atoms with van der Waals surface area (Å²) in [7, 11) is 0. The molecule has 4 heteroatoms. The van der Waals surface area contributed by atoms with Gasteiger partial charge < -0.3 is 9.47 Å². The number of ether oxygens (including phenoxy) is 2. The molecule has 1 aromatic heterocycles. The summed E-state index contributed by atoms with van der Waals surface area (Å²) in [5.74, 6) is 1.91. The lowest BCUT2D eigenvalue weighted by Crippen LogP contribution is -2.05. The van der Waals surface area contributed by atoms with E-state index in [1.54, 1.807) is 23.7 Å².